The summed E-state index contributed by atoms with van der Waals surface area (Å²) in [6.45, 7) is 3.67. The Labute approximate surface area is 468 Å². The quantitative estimate of drug-likeness (QED) is 0.0261. The van der Waals surface area contributed by atoms with Crippen molar-refractivity contribution in [3.63, 3.8) is 0 Å². The van der Waals surface area contributed by atoms with Crippen LogP contribution in [-0.4, -0.2) is 87.5 Å². The molecule has 0 radical (unpaired) electrons. The van der Waals surface area contributed by atoms with E-state index in [1.807, 2.05) is 6.08 Å². The summed E-state index contributed by atoms with van der Waals surface area (Å²) in [6.07, 6.45) is 71.4. The summed E-state index contributed by atoms with van der Waals surface area (Å²) in [5.74, 6) is -0.183. The Bertz CT molecular complexity index is 1420. The minimum atomic E-state index is -1.57. The van der Waals surface area contributed by atoms with Gasteiger partial charge in [0.1, 0.15) is 24.4 Å². The first-order valence-electron chi connectivity index (χ1n) is 32.2. The van der Waals surface area contributed by atoms with Crippen LogP contribution < -0.4 is 5.32 Å². The lowest BCUT2D eigenvalue weighted by Crippen LogP contribution is -2.60. The van der Waals surface area contributed by atoms with E-state index in [4.69, 9.17) is 9.47 Å². The molecule has 1 fully saturated rings. The van der Waals surface area contributed by atoms with Crippen molar-refractivity contribution in [1.29, 1.82) is 0 Å². The van der Waals surface area contributed by atoms with Gasteiger partial charge >= 0.3 is 0 Å². The Hall–Kier alpha value is -2.37. The molecule has 6 N–H and O–H groups in total. The lowest BCUT2D eigenvalue weighted by molar-refractivity contribution is -0.302. The molecule has 1 heterocycles. The molecule has 7 unspecified atom stereocenters. The summed E-state index contributed by atoms with van der Waals surface area (Å²) in [6, 6.07) is -0.823. The summed E-state index contributed by atoms with van der Waals surface area (Å²) in [5, 5.41) is 54.6. The zero-order chi connectivity index (χ0) is 55.0. The van der Waals surface area contributed by atoms with Crippen LogP contribution in [-0.2, 0) is 14.3 Å². The summed E-state index contributed by atoms with van der Waals surface area (Å²) in [5.41, 5.74) is 0. The monoisotopic (exact) mass is 1070 g/mol. The predicted octanol–water partition coefficient (Wildman–Crippen LogP) is 16.8. The standard InChI is InChI=1S/C67H121NO8/c1-3-5-7-9-11-13-15-17-19-21-23-24-25-26-27-28-29-30-31-32-33-34-35-36-37-38-39-41-43-45-47-49-51-53-55-57-63(71)68-60(59-75-67-66(74)65(73)64(72)62(58-69)76-67)61(70)56-54-52-50-48-46-44-42-40-22-20-18-16-14-12-10-8-6-4-2/h5,7,11,13,17,19,23-24,46,48,54,56,60-62,64-67,69-70,72-74H,3-4,6,8-10,12,14-16,18,20-22,25-45,47,49-53,55,57-59H2,1-2H3,(H,68,71)/b7-5-,13-11-,19-17-,24-23-,48-46+,56-54+. The van der Waals surface area contributed by atoms with Crippen LogP contribution >= 0.6 is 0 Å². The van der Waals surface area contributed by atoms with Crippen molar-refractivity contribution in [3.05, 3.63) is 72.9 Å². The average Bonchev–Trinajstić information content (AvgIpc) is 3.42. The van der Waals surface area contributed by atoms with Gasteiger partial charge in [-0.25, -0.2) is 0 Å². The van der Waals surface area contributed by atoms with Gasteiger partial charge in [0.2, 0.25) is 5.91 Å². The van der Waals surface area contributed by atoms with E-state index in [1.54, 1.807) is 6.08 Å². The van der Waals surface area contributed by atoms with E-state index in [-0.39, 0.29) is 12.5 Å². The fraction of sp³-hybridized carbons (Fsp3) is 0.806. The molecule has 1 aliphatic heterocycles. The highest BCUT2D eigenvalue weighted by atomic mass is 16.7. The van der Waals surface area contributed by atoms with Gasteiger partial charge < -0.3 is 40.3 Å². The number of hydrogen-bond donors (Lipinski definition) is 6. The molecular formula is C67H121NO8. The zero-order valence-electron chi connectivity index (χ0n) is 49.3. The Morgan fingerprint density at radius 3 is 1.26 bits per heavy atom. The second kappa shape index (κ2) is 55.9. The van der Waals surface area contributed by atoms with Crippen LogP contribution in [0.1, 0.15) is 290 Å². The number of carbonyl (C=O) groups is 1. The molecule has 1 aliphatic rings. The molecule has 1 amide bonds. The Morgan fingerprint density at radius 2 is 0.829 bits per heavy atom. The van der Waals surface area contributed by atoms with Crippen LogP contribution in [0.2, 0.25) is 0 Å². The van der Waals surface area contributed by atoms with Gasteiger partial charge in [0, 0.05) is 6.42 Å². The highest BCUT2D eigenvalue weighted by molar-refractivity contribution is 5.76. The molecule has 442 valence electrons. The fourth-order valence-corrected chi connectivity index (χ4v) is 9.99. The Morgan fingerprint density at radius 1 is 0.461 bits per heavy atom. The van der Waals surface area contributed by atoms with Crippen molar-refractivity contribution in [2.24, 2.45) is 0 Å². The summed E-state index contributed by atoms with van der Waals surface area (Å²) < 4.78 is 11.3. The van der Waals surface area contributed by atoms with Gasteiger partial charge in [-0.3, -0.25) is 4.79 Å². The van der Waals surface area contributed by atoms with Crippen LogP contribution in [0.3, 0.4) is 0 Å². The molecule has 0 aromatic heterocycles. The number of nitrogens with one attached hydrogen (secondary N) is 1. The molecule has 0 aromatic carbocycles. The average molecular weight is 1070 g/mol. The normalized spacial score (nSPS) is 19.3. The summed E-state index contributed by atoms with van der Waals surface area (Å²) >= 11 is 0. The van der Waals surface area contributed by atoms with E-state index < -0.39 is 49.5 Å². The molecule has 1 saturated heterocycles. The summed E-state index contributed by atoms with van der Waals surface area (Å²) in [7, 11) is 0. The second-order valence-electron chi connectivity index (χ2n) is 22.2. The molecule has 76 heavy (non-hydrogen) atoms. The first kappa shape index (κ1) is 71.6. The number of rotatable bonds is 55. The van der Waals surface area contributed by atoms with Crippen LogP contribution in [0.4, 0.5) is 0 Å². The van der Waals surface area contributed by atoms with Crippen molar-refractivity contribution in [1.82, 2.24) is 5.32 Å². The third-order valence-corrected chi connectivity index (χ3v) is 15.0. The first-order chi connectivity index (χ1) is 37.3. The molecule has 9 nitrogen and oxygen atoms in total. The predicted molar refractivity (Wildman–Crippen MR) is 322 cm³/mol. The number of unbranched alkanes of at least 4 members (excludes halogenated alkanes) is 35. The van der Waals surface area contributed by atoms with Gasteiger partial charge in [-0.05, 0) is 70.6 Å². The van der Waals surface area contributed by atoms with E-state index in [9.17, 15) is 30.3 Å². The SMILES string of the molecule is CC/C=C\C/C=C\C/C=C\C/C=C\CCCCCCCCCCCCCCCCCCCCCCCCC(=O)NC(COC1OC(CO)C(O)C(O)C1O)C(O)/C=C/CC/C=C/CCCCCCCCCCCCCC. The molecule has 9 heteroatoms. The van der Waals surface area contributed by atoms with Crippen molar-refractivity contribution < 1.29 is 39.8 Å². The van der Waals surface area contributed by atoms with Crippen LogP contribution in [0.5, 0.6) is 0 Å². The molecule has 0 bridgehead atoms. The van der Waals surface area contributed by atoms with Gasteiger partial charge in [0.15, 0.2) is 6.29 Å². The number of aliphatic hydroxyl groups is 5. The minimum absolute atomic E-state index is 0.183. The van der Waals surface area contributed by atoms with Gasteiger partial charge in [-0.2, -0.15) is 0 Å². The largest absolute Gasteiger partial charge is 0.394 e. The van der Waals surface area contributed by atoms with Crippen molar-refractivity contribution in [3.8, 4) is 0 Å². The van der Waals surface area contributed by atoms with Crippen molar-refractivity contribution in [2.75, 3.05) is 13.2 Å². The third-order valence-electron chi connectivity index (χ3n) is 15.0. The molecule has 7 atom stereocenters. The van der Waals surface area contributed by atoms with Gasteiger partial charge in [-0.15, -0.1) is 0 Å². The van der Waals surface area contributed by atoms with E-state index in [0.29, 0.717) is 6.42 Å². The molecule has 0 saturated carbocycles. The van der Waals surface area contributed by atoms with Crippen LogP contribution in [0.25, 0.3) is 0 Å². The first-order valence-corrected chi connectivity index (χ1v) is 32.2. The topological polar surface area (TPSA) is 149 Å². The number of carbonyl (C=O) groups excluding carboxylic acids is 1. The van der Waals surface area contributed by atoms with Crippen LogP contribution in [0, 0.1) is 0 Å². The number of ether oxygens (including phenoxy) is 2. The number of allylic oxidation sites excluding steroid dienone is 11. The van der Waals surface area contributed by atoms with Crippen molar-refractivity contribution in [2.45, 2.75) is 333 Å². The lowest BCUT2D eigenvalue weighted by Gasteiger charge is -2.40. The Kier molecular flexibility index (Phi) is 52.7. The highest BCUT2D eigenvalue weighted by Crippen LogP contribution is 2.23. The van der Waals surface area contributed by atoms with Gasteiger partial charge in [0.25, 0.3) is 0 Å². The minimum Gasteiger partial charge on any atom is -0.394 e. The highest BCUT2D eigenvalue weighted by Gasteiger charge is 2.44. The number of aliphatic hydroxyl groups excluding tert-OH is 5. The van der Waals surface area contributed by atoms with Gasteiger partial charge in [-0.1, -0.05) is 286 Å². The van der Waals surface area contributed by atoms with E-state index in [2.05, 4.69) is 79.9 Å². The van der Waals surface area contributed by atoms with E-state index in [0.717, 1.165) is 64.2 Å². The maximum absolute atomic E-state index is 13.1. The molecule has 1 rings (SSSR count). The zero-order valence-corrected chi connectivity index (χ0v) is 49.3. The van der Waals surface area contributed by atoms with E-state index >= 15 is 0 Å². The molecular weight excluding hydrogens is 947 g/mol. The molecule has 0 spiro atoms. The van der Waals surface area contributed by atoms with Gasteiger partial charge in [0.05, 0.1) is 25.4 Å². The molecule has 0 aliphatic carbocycles. The molecule has 0 aromatic rings. The van der Waals surface area contributed by atoms with E-state index in [1.165, 1.54) is 205 Å². The fourth-order valence-electron chi connectivity index (χ4n) is 9.99. The van der Waals surface area contributed by atoms with Crippen molar-refractivity contribution >= 4 is 5.91 Å². The lowest BCUT2D eigenvalue weighted by atomic mass is 9.99. The van der Waals surface area contributed by atoms with Crippen LogP contribution in [0.15, 0.2) is 72.9 Å². The number of amides is 1. The maximum Gasteiger partial charge on any atom is 0.220 e. The third kappa shape index (κ3) is 44.5. The summed E-state index contributed by atoms with van der Waals surface area (Å²) in [4.78, 5) is 13.1. The Balaban J connectivity index is 2.12. The number of hydrogen-bond acceptors (Lipinski definition) is 8. The smallest absolute Gasteiger partial charge is 0.220 e. The second-order valence-corrected chi connectivity index (χ2v) is 22.2. The maximum atomic E-state index is 13.1.